The second kappa shape index (κ2) is 10.4. The summed E-state index contributed by atoms with van der Waals surface area (Å²) >= 11 is 8.00. The fraction of sp³-hybridized carbons (Fsp3) is 0.0476. The average molecular weight is 498 g/mol. The molecule has 0 bridgehead atoms. The highest BCUT2D eigenvalue weighted by atomic mass is 35.5. The van der Waals surface area contributed by atoms with Crippen LogP contribution in [0.1, 0.15) is 5.56 Å². The number of H-pyrrole nitrogens is 1. The van der Waals surface area contributed by atoms with Crippen molar-refractivity contribution in [2.24, 2.45) is 0 Å². The molecular formula is C21H13ClFN7OS2. The highest BCUT2D eigenvalue weighted by Crippen LogP contribution is 2.33. The topological polar surface area (TPSA) is 120 Å². The van der Waals surface area contributed by atoms with E-state index in [-0.39, 0.29) is 22.2 Å². The minimum absolute atomic E-state index is 0.0124. The van der Waals surface area contributed by atoms with E-state index in [1.165, 1.54) is 24.5 Å². The first kappa shape index (κ1) is 22.7. The van der Waals surface area contributed by atoms with Crippen LogP contribution in [0.25, 0.3) is 11.3 Å². The normalized spacial score (nSPS) is 10.6. The number of thioether (sulfide) groups is 1. The predicted molar refractivity (Wildman–Crippen MR) is 123 cm³/mol. The van der Waals surface area contributed by atoms with Crippen molar-refractivity contribution in [1.29, 1.82) is 5.26 Å². The number of nitrogens with one attached hydrogen (secondary N) is 2. The van der Waals surface area contributed by atoms with Crippen molar-refractivity contribution < 1.29 is 9.18 Å². The molecule has 0 radical (unpaired) electrons. The van der Waals surface area contributed by atoms with E-state index in [0.717, 1.165) is 29.1 Å². The Labute approximate surface area is 201 Å². The lowest BCUT2D eigenvalue weighted by molar-refractivity contribution is -0.113. The number of hydrogen-bond donors (Lipinski definition) is 2. The summed E-state index contributed by atoms with van der Waals surface area (Å²) in [5.41, 5.74) is 1.85. The van der Waals surface area contributed by atoms with Gasteiger partial charge in [0.15, 0.2) is 10.3 Å². The van der Waals surface area contributed by atoms with E-state index in [4.69, 9.17) is 11.6 Å². The second-order valence-electron chi connectivity index (χ2n) is 6.37. The van der Waals surface area contributed by atoms with Crippen molar-refractivity contribution in [3.63, 3.8) is 0 Å². The van der Waals surface area contributed by atoms with Gasteiger partial charge in [0.2, 0.25) is 5.91 Å². The number of aromatic amines is 1. The predicted octanol–water partition coefficient (Wildman–Crippen LogP) is 4.81. The fourth-order valence-electron chi connectivity index (χ4n) is 2.70. The van der Waals surface area contributed by atoms with Gasteiger partial charge in [-0.15, -0.1) is 0 Å². The van der Waals surface area contributed by atoms with Gasteiger partial charge in [-0.1, -0.05) is 53.7 Å². The third-order valence-corrected chi connectivity index (χ3v) is 6.15. The van der Waals surface area contributed by atoms with Gasteiger partial charge in [-0.25, -0.2) is 19.3 Å². The van der Waals surface area contributed by atoms with Crippen molar-refractivity contribution in [3.05, 3.63) is 71.3 Å². The Bertz CT molecular complexity index is 1330. The third-order valence-electron chi connectivity index (χ3n) is 4.14. The lowest BCUT2D eigenvalue weighted by Gasteiger charge is -2.10. The van der Waals surface area contributed by atoms with E-state index in [1.807, 2.05) is 30.3 Å². The number of benzene rings is 2. The van der Waals surface area contributed by atoms with E-state index in [9.17, 15) is 14.4 Å². The van der Waals surface area contributed by atoms with Gasteiger partial charge >= 0.3 is 0 Å². The lowest BCUT2D eigenvalue weighted by Crippen LogP contribution is -2.14. The van der Waals surface area contributed by atoms with Crippen LogP contribution in [-0.2, 0) is 4.79 Å². The van der Waals surface area contributed by atoms with Gasteiger partial charge in [0.25, 0.3) is 0 Å². The highest BCUT2D eigenvalue weighted by molar-refractivity contribution is 8.00. The molecule has 0 fully saturated rings. The molecule has 0 unspecified atom stereocenters. The van der Waals surface area contributed by atoms with E-state index in [1.54, 1.807) is 0 Å². The molecule has 2 heterocycles. The summed E-state index contributed by atoms with van der Waals surface area (Å²) in [5.74, 6) is -0.928. The Morgan fingerprint density at radius 3 is 2.73 bits per heavy atom. The molecule has 4 aromatic rings. The zero-order valence-electron chi connectivity index (χ0n) is 16.6. The molecular weight excluding hydrogens is 485 g/mol. The number of amides is 1. The van der Waals surface area contributed by atoms with Gasteiger partial charge in [-0.2, -0.15) is 10.4 Å². The minimum Gasteiger partial charge on any atom is -0.325 e. The summed E-state index contributed by atoms with van der Waals surface area (Å²) in [5, 5.41) is 20.1. The van der Waals surface area contributed by atoms with Crippen LogP contribution in [0.5, 0.6) is 0 Å². The quantitative estimate of drug-likeness (QED) is 0.212. The van der Waals surface area contributed by atoms with Crippen LogP contribution in [0.15, 0.2) is 70.2 Å². The Morgan fingerprint density at radius 1 is 1.21 bits per heavy atom. The van der Waals surface area contributed by atoms with Gasteiger partial charge in [0.05, 0.1) is 16.5 Å². The SMILES string of the molecule is N#Cc1c(Sc2ncn[nH]2)nc(SCC(=O)Nc2ccc(F)c(Cl)c2)nc1-c1ccccc1. The number of hydrogen-bond acceptors (Lipinski definition) is 8. The van der Waals surface area contributed by atoms with Crippen LogP contribution >= 0.6 is 35.1 Å². The highest BCUT2D eigenvalue weighted by Gasteiger charge is 2.19. The van der Waals surface area contributed by atoms with Crippen molar-refractivity contribution in [1.82, 2.24) is 25.1 Å². The molecule has 2 aromatic heterocycles. The van der Waals surface area contributed by atoms with Crippen LogP contribution in [0.3, 0.4) is 0 Å². The van der Waals surface area contributed by atoms with Crippen LogP contribution in [0.2, 0.25) is 5.02 Å². The number of carbonyl (C=O) groups excluding carboxylic acids is 1. The summed E-state index contributed by atoms with van der Waals surface area (Å²) in [7, 11) is 0. The minimum atomic E-state index is -0.569. The fourth-order valence-corrected chi connectivity index (χ4v) is 4.34. The van der Waals surface area contributed by atoms with E-state index < -0.39 is 5.82 Å². The summed E-state index contributed by atoms with van der Waals surface area (Å²) in [4.78, 5) is 25.5. The van der Waals surface area contributed by atoms with Crippen molar-refractivity contribution >= 4 is 46.7 Å². The number of carbonyl (C=O) groups is 1. The standard InChI is InChI=1S/C21H13ClFN7OS2/c22-15-8-13(6-7-16(15)23)27-17(31)10-32-21-28-18(12-4-2-1-3-5-12)14(9-24)19(29-21)33-20-25-11-26-30-20/h1-8,11H,10H2,(H,27,31)(H,25,26,30). The Hall–Kier alpha value is -3.46. The van der Waals surface area contributed by atoms with E-state index in [2.05, 4.69) is 36.5 Å². The van der Waals surface area contributed by atoms with Crippen LogP contribution in [0.4, 0.5) is 10.1 Å². The number of nitrogens with zero attached hydrogens (tertiary/aromatic N) is 5. The molecule has 164 valence electrons. The van der Waals surface area contributed by atoms with Gasteiger partial charge in [-0.3, -0.25) is 9.89 Å². The molecule has 0 saturated heterocycles. The molecule has 2 aromatic carbocycles. The molecule has 4 rings (SSSR count). The maximum absolute atomic E-state index is 13.3. The monoisotopic (exact) mass is 497 g/mol. The molecule has 0 saturated carbocycles. The molecule has 0 atom stereocenters. The smallest absolute Gasteiger partial charge is 0.234 e. The zero-order valence-corrected chi connectivity index (χ0v) is 19.0. The van der Waals surface area contributed by atoms with E-state index in [0.29, 0.717) is 26.7 Å². The number of rotatable bonds is 7. The van der Waals surface area contributed by atoms with Gasteiger partial charge in [0, 0.05) is 11.3 Å². The molecule has 0 aliphatic carbocycles. The number of anilines is 1. The maximum atomic E-state index is 13.3. The van der Waals surface area contributed by atoms with Gasteiger partial charge in [0.1, 0.15) is 28.8 Å². The van der Waals surface area contributed by atoms with Crippen LogP contribution in [0, 0.1) is 17.1 Å². The molecule has 2 N–H and O–H groups in total. The van der Waals surface area contributed by atoms with Crippen molar-refractivity contribution in [2.75, 3.05) is 11.1 Å². The summed E-state index contributed by atoms with van der Waals surface area (Å²) in [6, 6.07) is 15.3. The largest absolute Gasteiger partial charge is 0.325 e. The first-order valence-electron chi connectivity index (χ1n) is 9.32. The Morgan fingerprint density at radius 2 is 2.03 bits per heavy atom. The van der Waals surface area contributed by atoms with Gasteiger partial charge in [-0.05, 0) is 30.0 Å². The Balaban J connectivity index is 1.59. The molecule has 33 heavy (non-hydrogen) atoms. The van der Waals surface area contributed by atoms with Gasteiger partial charge < -0.3 is 5.32 Å². The molecule has 0 spiro atoms. The molecule has 0 aliphatic rings. The zero-order chi connectivity index (χ0) is 23.2. The summed E-state index contributed by atoms with van der Waals surface area (Å²) in [6.45, 7) is 0. The number of halogens is 2. The van der Waals surface area contributed by atoms with Crippen LogP contribution in [-0.4, -0.2) is 36.8 Å². The molecule has 8 nitrogen and oxygen atoms in total. The third kappa shape index (κ3) is 5.67. The molecule has 1 amide bonds. The average Bonchev–Trinajstić information content (AvgIpc) is 3.33. The second-order valence-corrected chi connectivity index (χ2v) is 8.70. The van der Waals surface area contributed by atoms with Crippen LogP contribution < -0.4 is 5.32 Å². The first-order chi connectivity index (χ1) is 16.0. The van der Waals surface area contributed by atoms with Crippen molar-refractivity contribution in [2.45, 2.75) is 15.3 Å². The maximum Gasteiger partial charge on any atom is 0.234 e. The lowest BCUT2D eigenvalue weighted by atomic mass is 10.1. The summed E-state index contributed by atoms with van der Waals surface area (Å²) < 4.78 is 13.3. The molecule has 0 aliphatic heterocycles. The number of nitriles is 1. The van der Waals surface area contributed by atoms with Crippen molar-refractivity contribution in [3.8, 4) is 17.3 Å². The van der Waals surface area contributed by atoms with E-state index >= 15 is 0 Å². The first-order valence-corrected chi connectivity index (χ1v) is 11.5. The number of aromatic nitrogens is 5. The Kier molecular flexibility index (Phi) is 7.19. The molecule has 12 heteroatoms. The summed E-state index contributed by atoms with van der Waals surface area (Å²) in [6.07, 6.45) is 1.36.